The van der Waals surface area contributed by atoms with E-state index in [9.17, 15) is 19.7 Å². The number of hydrogen-bond acceptors (Lipinski definition) is 8. The number of benzene rings is 1. The zero-order chi connectivity index (χ0) is 22.0. The largest absolute Gasteiger partial charge is 0.442 e. The van der Waals surface area contributed by atoms with Crippen LogP contribution in [0.15, 0.2) is 30.3 Å². The lowest BCUT2D eigenvalue weighted by Crippen LogP contribution is -2.36. The van der Waals surface area contributed by atoms with Crippen molar-refractivity contribution in [2.75, 3.05) is 49.2 Å². The molecule has 12 heteroatoms. The highest BCUT2D eigenvalue weighted by Gasteiger charge is 2.34. The molecule has 2 aliphatic heterocycles. The predicted octanol–water partition coefficient (Wildman–Crippen LogP) is 2.90. The number of thiophene rings is 1. The van der Waals surface area contributed by atoms with E-state index in [0.29, 0.717) is 46.9 Å². The predicted molar refractivity (Wildman–Crippen MR) is 115 cm³/mol. The Morgan fingerprint density at radius 3 is 2.74 bits per heavy atom. The van der Waals surface area contributed by atoms with Crippen LogP contribution in [0.25, 0.3) is 0 Å². The van der Waals surface area contributed by atoms with Crippen molar-refractivity contribution in [1.29, 1.82) is 0 Å². The normalized spacial score (nSPS) is 18.7. The van der Waals surface area contributed by atoms with Crippen molar-refractivity contribution >= 4 is 52.0 Å². The highest BCUT2D eigenvalue weighted by molar-refractivity contribution is 7.18. The van der Waals surface area contributed by atoms with Gasteiger partial charge in [0.25, 0.3) is 11.6 Å². The van der Waals surface area contributed by atoms with Crippen molar-refractivity contribution in [2.24, 2.45) is 0 Å². The van der Waals surface area contributed by atoms with Gasteiger partial charge in [0, 0.05) is 19.2 Å². The molecule has 2 amide bonds. The topological polar surface area (TPSA) is 114 Å². The van der Waals surface area contributed by atoms with Crippen molar-refractivity contribution in [1.82, 2.24) is 5.32 Å². The fourth-order valence-corrected chi connectivity index (χ4v) is 4.43. The molecule has 1 unspecified atom stereocenters. The molecule has 0 spiro atoms. The monoisotopic (exact) mass is 466 g/mol. The molecule has 1 atom stereocenters. The highest BCUT2D eigenvalue weighted by Crippen LogP contribution is 2.34. The van der Waals surface area contributed by atoms with Gasteiger partial charge in [0.2, 0.25) is 0 Å². The van der Waals surface area contributed by atoms with E-state index < -0.39 is 17.1 Å². The molecule has 1 aromatic carbocycles. The van der Waals surface area contributed by atoms with Crippen molar-refractivity contribution in [3.05, 3.63) is 49.7 Å². The summed E-state index contributed by atoms with van der Waals surface area (Å²) >= 11 is 6.99. The van der Waals surface area contributed by atoms with Crippen molar-refractivity contribution in [3.63, 3.8) is 0 Å². The number of carbonyl (C=O) groups is 2. The average molecular weight is 467 g/mol. The Hall–Kier alpha value is -2.89. The summed E-state index contributed by atoms with van der Waals surface area (Å²) in [6, 6.07) is 7.92. The SMILES string of the molecule is O=C(NCC1CN(c2ccc(N3CCOCC3)c([N+](=O)[O-])c2)C(=O)O1)c1ccc(Cl)s1. The molecule has 1 N–H and O–H groups in total. The summed E-state index contributed by atoms with van der Waals surface area (Å²) in [6.45, 7) is 2.40. The Balaban J connectivity index is 1.44. The third-order valence-electron chi connectivity index (χ3n) is 4.98. The molecule has 2 fully saturated rings. The van der Waals surface area contributed by atoms with Crippen LogP contribution in [0.1, 0.15) is 9.67 Å². The molecular formula is C19H19ClN4O6S. The number of hydrogen-bond donors (Lipinski definition) is 1. The van der Waals surface area contributed by atoms with Crippen molar-refractivity contribution in [3.8, 4) is 0 Å². The van der Waals surface area contributed by atoms with Crippen LogP contribution in [0.2, 0.25) is 4.34 Å². The summed E-state index contributed by atoms with van der Waals surface area (Å²) in [5.74, 6) is -0.308. The lowest BCUT2D eigenvalue weighted by atomic mass is 10.2. The molecule has 2 aromatic rings. The molecule has 2 aliphatic rings. The molecule has 0 saturated carbocycles. The van der Waals surface area contributed by atoms with Crippen LogP contribution >= 0.6 is 22.9 Å². The molecule has 3 heterocycles. The fourth-order valence-electron chi connectivity index (χ4n) is 3.47. The first-order valence-corrected chi connectivity index (χ1v) is 10.7. The number of anilines is 2. The molecule has 4 rings (SSSR count). The number of rotatable bonds is 6. The van der Waals surface area contributed by atoms with Gasteiger partial charge in [-0.3, -0.25) is 19.8 Å². The number of nitrogens with one attached hydrogen (secondary N) is 1. The second kappa shape index (κ2) is 9.08. The first-order chi connectivity index (χ1) is 14.9. The van der Waals surface area contributed by atoms with Crippen LogP contribution in [0.5, 0.6) is 0 Å². The van der Waals surface area contributed by atoms with E-state index in [-0.39, 0.29) is 24.7 Å². The van der Waals surface area contributed by atoms with Gasteiger partial charge < -0.3 is 19.7 Å². The lowest BCUT2D eigenvalue weighted by Gasteiger charge is -2.28. The van der Waals surface area contributed by atoms with E-state index in [0.717, 1.165) is 11.3 Å². The van der Waals surface area contributed by atoms with E-state index in [4.69, 9.17) is 21.1 Å². The van der Waals surface area contributed by atoms with E-state index in [1.165, 1.54) is 11.0 Å². The number of carbonyl (C=O) groups excluding carboxylic acids is 2. The molecule has 2 saturated heterocycles. The molecule has 1 aromatic heterocycles. The molecule has 10 nitrogen and oxygen atoms in total. The third kappa shape index (κ3) is 4.73. The maximum atomic E-state index is 12.3. The minimum atomic E-state index is -0.619. The maximum Gasteiger partial charge on any atom is 0.414 e. The number of nitro benzene ring substituents is 1. The Morgan fingerprint density at radius 2 is 2.06 bits per heavy atom. The van der Waals surface area contributed by atoms with Crippen LogP contribution < -0.4 is 15.1 Å². The molecule has 0 aliphatic carbocycles. The fraction of sp³-hybridized carbons (Fsp3) is 0.368. The van der Waals surface area contributed by atoms with Crippen LogP contribution in [0.3, 0.4) is 0 Å². The Morgan fingerprint density at radius 1 is 1.29 bits per heavy atom. The van der Waals surface area contributed by atoms with Gasteiger partial charge in [-0.2, -0.15) is 0 Å². The molecule has 31 heavy (non-hydrogen) atoms. The van der Waals surface area contributed by atoms with Gasteiger partial charge >= 0.3 is 6.09 Å². The minimum Gasteiger partial charge on any atom is -0.442 e. The molecule has 164 valence electrons. The summed E-state index contributed by atoms with van der Waals surface area (Å²) in [5, 5.41) is 14.4. The number of morpholine rings is 1. The van der Waals surface area contributed by atoms with Gasteiger partial charge in [-0.25, -0.2) is 4.79 Å². The van der Waals surface area contributed by atoms with Crippen LogP contribution in [-0.2, 0) is 9.47 Å². The van der Waals surface area contributed by atoms with Crippen LogP contribution in [-0.4, -0.2) is 62.4 Å². The van der Waals surface area contributed by atoms with E-state index in [1.807, 2.05) is 4.90 Å². The van der Waals surface area contributed by atoms with Gasteiger partial charge in [-0.1, -0.05) is 11.6 Å². The van der Waals surface area contributed by atoms with Gasteiger partial charge in [0.05, 0.1) is 46.1 Å². The molecule has 0 bridgehead atoms. The van der Waals surface area contributed by atoms with Crippen molar-refractivity contribution in [2.45, 2.75) is 6.10 Å². The molecular weight excluding hydrogens is 448 g/mol. The van der Waals surface area contributed by atoms with Crippen molar-refractivity contribution < 1.29 is 24.0 Å². The minimum absolute atomic E-state index is 0.0847. The Labute approximate surface area is 186 Å². The van der Waals surface area contributed by atoms with E-state index >= 15 is 0 Å². The quantitative estimate of drug-likeness (QED) is 0.514. The average Bonchev–Trinajstić information content (AvgIpc) is 3.37. The van der Waals surface area contributed by atoms with E-state index in [1.54, 1.807) is 24.3 Å². The Bertz CT molecular complexity index is 1010. The maximum absolute atomic E-state index is 12.3. The number of nitro groups is 1. The summed E-state index contributed by atoms with van der Waals surface area (Å²) in [4.78, 5) is 39.4. The number of cyclic esters (lactones) is 1. The van der Waals surface area contributed by atoms with Crippen LogP contribution in [0, 0.1) is 10.1 Å². The van der Waals surface area contributed by atoms with Crippen LogP contribution in [0.4, 0.5) is 21.9 Å². The van der Waals surface area contributed by atoms with Gasteiger partial charge in [0.15, 0.2) is 0 Å². The first-order valence-electron chi connectivity index (χ1n) is 9.55. The van der Waals surface area contributed by atoms with Gasteiger partial charge in [0.1, 0.15) is 11.8 Å². The second-order valence-electron chi connectivity index (χ2n) is 6.96. The lowest BCUT2D eigenvalue weighted by molar-refractivity contribution is -0.384. The summed E-state index contributed by atoms with van der Waals surface area (Å²) in [5.41, 5.74) is 0.772. The number of amides is 2. The zero-order valence-electron chi connectivity index (χ0n) is 16.3. The number of ether oxygens (including phenoxy) is 2. The van der Waals surface area contributed by atoms with Gasteiger partial charge in [-0.05, 0) is 24.3 Å². The van der Waals surface area contributed by atoms with Gasteiger partial charge in [-0.15, -0.1) is 11.3 Å². The standard InChI is InChI=1S/C19H19ClN4O6S/c20-17-4-3-16(31-17)18(25)21-10-13-11-23(19(26)30-13)12-1-2-14(15(9-12)24(27)28)22-5-7-29-8-6-22/h1-4,9,13H,5-8,10-11H2,(H,21,25). The number of halogens is 1. The second-order valence-corrected chi connectivity index (χ2v) is 8.67. The highest BCUT2D eigenvalue weighted by atomic mass is 35.5. The zero-order valence-corrected chi connectivity index (χ0v) is 17.9. The molecule has 0 radical (unpaired) electrons. The first kappa shape index (κ1) is 21.3. The number of nitrogens with zero attached hydrogens (tertiary/aromatic N) is 3. The smallest absolute Gasteiger partial charge is 0.414 e. The summed E-state index contributed by atoms with van der Waals surface area (Å²) in [6.07, 6.45) is -1.20. The Kier molecular flexibility index (Phi) is 6.25. The summed E-state index contributed by atoms with van der Waals surface area (Å²) < 4.78 is 11.1. The summed E-state index contributed by atoms with van der Waals surface area (Å²) in [7, 11) is 0. The third-order valence-corrected chi connectivity index (χ3v) is 6.21. The van der Waals surface area contributed by atoms with E-state index in [2.05, 4.69) is 5.32 Å².